The molecule has 0 radical (unpaired) electrons. The number of carbonyl (C=O) groups is 3. The highest BCUT2D eigenvalue weighted by atomic mass is 16.6. The van der Waals surface area contributed by atoms with Crippen LogP contribution >= 0.6 is 0 Å². The van der Waals surface area contributed by atoms with Crippen molar-refractivity contribution in [3.05, 3.63) is 66.4 Å². The quantitative estimate of drug-likeness (QED) is 0.441. The normalized spacial score (nSPS) is 18.5. The van der Waals surface area contributed by atoms with Crippen LogP contribution in [0.1, 0.15) is 36.0 Å². The number of hydrogen-bond acceptors (Lipinski definition) is 4. The summed E-state index contributed by atoms with van der Waals surface area (Å²) in [5, 5.41) is 6.23. The lowest BCUT2D eigenvalue weighted by Gasteiger charge is -2.29. The maximum absolute atomic E-state index is 12.6. The second-order valence-electron chi connectivity index (χ2n) is 7.43. The average Bonchev–Trinajstić information content (AvgIpc) is 3.18. The molecule has 1 aromatic heterocycles. The van der Waals surface area contributed by atoms with E-state index in [1.807, 2.05) is 42.5 Å². The summed E-state index contributed by atoms with van der Waals surface area (Å²) in [7, 11) is 0. The average molecular weight is 405 g/mol. The van der Waals surface area contributed by atoms with Crippen LogP contribution in [0.2, 0.25) is 0 Å². The van der Waals surface area contributed by atoms with Crippen molar-refractivity contribution in [1.82, 2.24) is 10.3 Å². The molecule has 7 heteroatoms. The number of amides is 2. The number of aromatic amines is 1. The number of aromatic nitrogens is 1. The fourth-order valence-corrected chi connectivity index (χ4v) is 3.84. The Morgan fingerprint density at radius 3 is 2.57 bits per heavy atom. The third-order valence-corrected chi connectivity index (χ3v) is 5.30. The zero-order chi connectivity index (χ0) is 20.9. The molecule has 30 heavy (non-hydrogen) atoms. The molecular formula is C23H23N3O4. The van der Waals surface area contributed by atoms with Crippen molar-refractivity contribution in [3.8, 4) is 0 Å². The van der Waals surface area contributed by atoms with E-state index in [4.69, 9.17) is 4.74 Å². The van der Waals surface area contributed by atoms with Gasteiger partial charge in [0.1, 0.15) is 6.10 Å². The Balaban J connectivity index is 1.32. The molecule has 0 bridgehead atoms. The largest absolute Gasteiger partial charge is 0.446 e. The maximum atomic E-state index is 12.6. The SMILES string of the molecule is O=C(Nc1ccccc1)O[C@H]1CCC[C@@H](NC(=O)C(=O)c2c[nH]c3ccccc23)C1. The number of ketones is 1. The molecule has 2 aromatic carbocycles. The first-order valence-corrected chi connectivity index (χ1v) is 10.0. The lowest BCUT2D eigenvalue weighted by molar-refractivity contribution is -0.118. The van der Waals surface area contributed by atoms with Gasteiger partial charge in [-0.05, 0) is 37.5 Å². The summed E-state index contributed by atoms with van der Waals surface area (Å²) < 4.78 is 5.51. The molecule has 0 saturated heterocycles. The Labute approximate surface area is 173 Å². The number of H-pyrrole nitrogens is 1. The smallest absolute Gasteiger partial charge is 0.411 e. The zero-order valence-corrected chi connectivity index (χ0v) is 16.4. The molecule has 154 valence electrons. The van der Waals surface area contributed by atoms with Crippen molar-refractivity contribution in [1.29, 1.82) is 0 Å². The van der Waals surface area contributed by atoms with E-state index in [0.717, 1.165) is 30.2 Å². The standard InChI is InChI=1S/C23H23N3O4/c27-21(19-14-24-20-12-5-4-11-18(19)20)22(28)25-16-9-6-10-17(13-16)30-23(29)26-15-7-2-1-3-8-15/h1-5,7-8,11-12,14,16-17,24H,6,9-10,13H2,(H,25,28)(H,26,29)/t16-,17+/m1/s1. The highest BCUT2D eigenvalue weighted by Crippen LogP contribution is 2.23. The van der Waals surface area contributed by atoms with Crippen LogP contribution in [0.25, 0.3) is 10.9 Å². The molecule has 1 fully saturated rings. The monoisotopic (exact) mass is 405 g/mol. The number of ether oxygens (including phenoxy) is 1. The van der Waals surface area contributed by atoms with Crippen LogP contribution in [-0.2, 0) is 9.53 Å². The third-order valence-electron chi connectivity index (χ3n) is 5.30. The molecule has 0 aliphatic heterocycles. The van der Waals surface area contributed by atoms with Crippen LogP contribution in [0.5, 0.6) is 0 Å². The van der Waals surface area contributed by atoms with Crippen LogP contribution < -0.4 is 10.6 Å². The van der Waals surface area contributed by atoms with E-state index in [-0.39, 0.29) is 12.1 Å². The molecule has 1 saturated carbocycles. The first kappa shape index (κ1) is 19.7. The van der Waals surface area contributed by atoms with Crippen molar-refractivity contribution >= 4 is 34.4 Å². The van der Waals surface area contributed by atoms with Crippen molar-refractivity contribution < 1.29 is 19.1 Å². The molecule has 3 N–H and O–H groups in total. The summed E-state index contributed by atoms with van der Waals surface area (Å²) in [6, 6.07) is 16.2. The molecule has 0 spiro atoms. The van der Waals surface area contributed by atoms with Gasteiger partial charge in [-0.25, -0.2) is 4.79 Å². The highest BCUT2D eigenvalue weighted by Gasteiger charge is 2.28. The molecule has 1 aliphatic carbocycles. The highest BCUT2D eigenvalue weighted by molar-refractivity contribution is 6.45. The number of Topliss-reactive ketones (excluding diaryl/α,β-unsaturated/α-hetero) is 1. The van der Waals surface area contributed by atoms with E-state index in [1.165, 1.54) is 0 Å². The molecule has 1 heterocycles. The minimum absolute atomic E-state index is 0.213. The van der Waals surface area contributed by atoms with Gasteiger partial charge in [-0.15, -0.1) is 0 Å². The summed E-state index contributed by atoms with van der Waals surface area (Å²) >= 11 is 0. The van der Waals surface area contributed by atoms with Crippen molar-refractivity contribution in [2.75, 3.05) is 5.32 Å². The van der Waals surface area contributed by atoms with Crippen molar-refractivity contribution in [3.63, 3.8) is 0 Å². The van der Waals surface area contributed by atoms with Crippen LogP contribution in [0.15, 0.2) is 60.8 Å². The van der Waals surface area contributed by atoms with E-state index < -0.39 is 17.8 Å². The minimum Gasteiger partial charge on any atom is -0.446 e. The summed E-state index contributed by atoms with van der Waals surface area (Å²) in [4.78, 5) is 40.3. The van der Waals surface area contributed by atoms with Crippen LogP contribution in [0.3, 0.4) is 0 Å². The van der Waals surface area contributed by atoms with E-state index in [0.29, 0.717) is 17.7 Å². The number of fused-ring (bicyclic) bond motifs is 1. The van der Waals surface area contributed by atoms with E-state index in [1.54, 1.807) is 18.3 Å². The zero-order valence-electron chi connectivity index (χ0n) is 16.4. The number of benzene rings is 2. The fourth-order valence-electron chi connectivity index (χ4n) is 3.84. The predicted octanol–water partition coefficient (Wildman–Crippen LogP) is 4.03. The summed E-state index contributed by atoms with van der Waals surface area (Å²) in [6.07, 6.45) is 3.49. The van der Waals surface area contributed by atoms with Crippen LogP contribution in [0, 0.1) is 0 Å². The third kappa shape index (κ3) is 4.51. The Morgan fingerprint density at radius 1 is 0.967 bits per heavy atom. The lowest BCUT2D eigenvalue weighted by atomic mass is 9.92. The molecular weight excluding hydrogens is 382 g/mol. The minimum atomic E-state index is -0.640. The van der Waals surface area contributed by atoms with Crippen LogP contribution in [0.4, 0.5) is 10.5 Å². The van der Waals surface area contributed by atoms with Gasteiger partial charge in [0.2, 0.25) is 0 Å². The Morgan fingerprint density at radius 2 is 1.73 bits per heavy atom. The summed E-state index contributed by atoms with van der Waals surface area (Å²) in [5.74, 6) is -1.21. The number of para-hydroxylation sites is 2. The molecule has 4 rings (SSSR count). The van der Waals surface area contributed by atoms with Gasteiger partial charge in [0.05, 0.1) is 5.56 Å². The first-order valence-electron chi connectivity index (χ1n) is 10.0. The molecule has 7 nitrogen and oxygen atoms in total. The van der Waals surface area contributed by atoms with E-state index >= 15 is 0 Å². The molecule has 3 aromatic rings. The van der Waals surface area contributed by atoms with Gasteiger partial charge in [-0.1, -0.05) is 36.4 Å². The number of hydrogen-bond donors (Lipinski definition) is 3. The van der Waals surface area contributed by atoms with Gasteiger partial charge in [0.25, 0.3) is 11.7 Å². The van der Waals surface area contributed by atoms with Gasteiger partial charge >= 0.3 is 6.09 Å². The second kappa shape index (κ2) is 8.82. The number of rotatable bonds is 5. The number of anilines is 1. The van der Waals surface area contributed by atoms with Gasteiger partial charge in [0, 0.05) is 35.2 Å². The topological polar surface area (TPSA) is 100 Å². The summed E-state index contributed by atoms with van der Waals surface area (Å²) in [5.41, 5.74) is 1.82. The maximum Gasteiger partial charge on any atom is 0.411 e. The fraction of sp³-hybridized carbons (Fsp3) is 0.261. The van der Waals surface area contributed by atoms with Gasteiger partial charge < -0.3 is 15.0 Å². The van der Waals surface area contributed by atoms with Crippen molar-refractivity contribution in [2.24, 2.45) is 0 Å². The Bertz CT molecular complexity index is 1060. The molecule has 1 aliphatic rings. The molecule has 0 unspecified atom stereocenters. The summed E-state index contributed by atoms with van der Waals surface area (Å²) in [6.45, 7) is 0. The Kier molecular flexibility index (Phi) is 5.79. The molecule has 2 amide bonds. The van der Waals surface area contributed by atoms with Crippen molar-refractivity contribution in [2.45, 2.75) is 37.8 Å². The second-order valence-corrected chi connectivity index (χ2v) is 7.43. The Hall–Kier alpha value is -3.61. The van der Waals surface area contributed by atoms with Gasteiger partial charge in [0.15, 0.2) is 0 Å². The van der Waals surface area contributed by atoms with E-state index in [9.17, 15) is 14.4 Å². The number of nitrogens with one attached hydrogen (secondary N) is 3. The number of carbonyl (C=O) groups excluding carboxylic acids is 3. The van der Waals surface area contributed by atoms with Crippen LogP contribution in [-0.4, -0.2) is 34.9 Å². The predicted molar refractivity (Wildman–Crippen MR) is 113 cm³/mol. The first-order chi connectivity index (χ1) is 14.6. The van der Waals surface area contributed by atoms with Gasteiger partial charge in [-0.3, -0.25) is 14.9 Å². The molecule has 2 atom stereocenters. The van der Waals surface area contributed by atoms with E-state index in [2.05, 4.69) is 15.6 Å². The lowest BCUT2D eigenvalue weighted by Crippen LogP contribution is -2.43. The van der Waals surface area contributed by atoms with Gasteiger partial charge in [-0.2, -0.15) is 0 Å².